The van der Waals surface area contributed by atoms with E-state index >= 15 is 0 Å². The van der Waals surface area contributed by atoms with Gasteiger partial charge in [0.25, 0.3) is 11.8 Å². The molecule has 3 aliphatic heterocycles. The lowest BCUT2D eigenvalue weighted by Crippen LogP contribution is -2.67. The molecule has 1 aromatic carbocycles. The van der Waals surface area contributed by atoms with E-state index in [0.717, 1.165) is 4.90 Å². The molecule has 0 bridgehead atoms. The molecule has 2 saturated heterocycles. The summed E-state index contributed by atoms with van der Waals surface area (Å²) in [5.41, 5.74) is 7.04. The molecular weight excluding hydrogens is 364 g/mol. The molecule has 4 amide bonds. The van der Waals surface area contributed by atoms with Crippen molar-refractivity contribution >= 4 is 23.6 Å². The Morgan fingerprint density at radius 3 is 2.61 bits per heavy atom. The average Bonchev–Trinajstić information content (AvgIpc) is 2.86. The Bertz CT molecular complexity index is 877. The van der Waals surface area contributed by atoms with Gasteiger partial charge in [-0.1, -0.05) is 12.1 Å². The summed E-state index contributed by atoms with van der Waals surface area (Å²) in [6.45, 7) is 1.67. The average molecular weight is 386 g/mol. The van der Waals surface area contributed by atoms with E-state index in [1.165, 1.54) is 0 Å². The number of aliphatic hydroxyl groups is 1. The van der Waals surface area contributed by atoms with Gasteiger partial charge in [-0.3, -0.25) is 34.3 Å². The highest BCUT2D eigenvalue weighted by atomic mass is 16.3. The second kappa shape index (κ2) is 6.77. The molecule has 3 heterocycles. The smallest absolute Gasteiger partial charge is 0.262 e. The molecule has 0 radical (unpaired) electrons. The lowest BCUT2D eigenvalue weighted by molar-refractivity contribution is -0.136. The van der Waals surface area contributed by atoms with Crippen LogP contribution in [0, 0.1) is 0 Å². The Hall–Kier alpha value is -2.62. The zero-order valence-corrected chi connectivity index (χ0v) is 15.3. The summed E-state index contributed by atoms with van der Waals surface area (Å²) < 4.78 is 0. The van der Waals surface area contributed by atoms with Gasteiger partial charge in [0.15, 0.2) is 0 Å². The number of likely N-dealkylation sites (tertiary alicyclic amines) is 1. The van der Waals surface area contributed by atoms with E-state index in [9.17, 15) is 19.2 Å². The van der Waals surface area contributed by atoms with Gasteiger partial charge in [-0.25, -0.2) is 0 Å². The topological polar surface area (TPSA) is 133 Å². The predicted octanol–water partition coefficient (Wildman–Crippen LogP) is -1.02. The Morgan fingerprint density at radius 2 is 1.93 bits per heavy atom. The number of carbonyl (C=O) groups is 4. The van der Waals surface area contributed by atoms with Crippen LogP contribution in [-0.2, 0) is 16.1 Å². The number of nitrogens with zero attached hydrogens (tertiary/aromatic N) is 2. The minimum Gasteiger partial charge on any atom is -0.396 e. The normalized spacial score (nSPS) is 24.2. The van der Waals surface area contributed by atoms with Crippen LogP contribution in [0.25, 0.3) is 0 Å². The van der Waals surface area contributed by atoms with Crippen molar-refractivity contribution in [2.45, 2.75) is 37.4 Å². The largest absolute Gasteiger partial charge is 0.396 e. The SMILES string of the molecule is NC1(CCO)CN(Cc2cccc3c2C(=O)N(C2CCC(=O)NC2=O)C3=O)C1. The monoisotopic (exact) mass is 386 g/mol. The van der Waals surface area contributed by atoms with E-state index in [2.05, 4.69) is 10.2 Å². The van der Waals surface area contributed by atoms with Gasteiger partial charge in [-0.05, 0) is 24.5 Å². The van der Waals surface area contributed by atoms with E-state index in [1.54, 1.807) is 18.2 Å². The molecule has 0 spiro atoms. The van der Waals surface area contributed by atoms with E-state index < -0.39 is 35.2 Å². The summed E-state index contributed by atoms with van der Waals surface area (Å²) in [5, 5.41) is 11.3. The number of imide groups is 2. The van der Waals surface area contributed by atoms with Gasteiger partial charge in [0.05, 0.1) is 11.1 Å². The van der Waals surface area contributed by atoms with Crippen LogP contribution in [0.1, 0.15) is 45.5 Å². The molecule has 2 fully saturated rings. The van der Waals surface area contributed by atoms with Crippen molar-refractivity contribution in [3.8, 4) is 0 Å². The van der Waals surface area contributed by atoms with E-state index in [0.29, 0.717) is 37.2 Å². The zero-order chi connectivity index (χ0) is 20.1. The highest BCUT2D eigenvalue weighted by molar-refractivity contribution is 6.24. The molecule has 1 unspecified atom stereocenters. The molecule has 0 saturated carbocycles. The minimum absolute atomic E-state index is 0.0268. The molecule has 28 heavy (non-hydrogen) atoms. The number of carbonyl (C=O) groups excluding carboxylic acids is 4. The number of nitrogens with two attached hydrogens (primary N) is 1. The molecule has 0 aliphatic carbocycles. The van der Waals surface area contributed by atoms with Crippen molar-refractivity contribution in [1.29, 1.82) is 0 Å². The maximum Gasteiger partial charge on any atom is 0.262 e. The molecule has 4 N–H and O–H groups in total. The van der Waals surface area contributed by atoms with Gasteiger partial charge in [-0.15, -0.1) is 0 Å². The lowest BCUT2D eigenvalue weighted by atomic mass is 9.87. The standard InChI is InChI=1S/C19H22N4O5/c20-19(6-7-24)9-22(10-19)8-11-2-1-3-12-15(11)18(28)23(17(12)27)13-4-5-14(25)21-16(13)26/h1-3,13,24H,4-10,20H2,(H,21,25,26). The fourth-order valence-corrected chi connectivity index (χ4v) is 4.29. The first-order valence-corrected chi connectivity index (χ1v) is 9.28. The number of hydrogen-bond acceptors (Lipinski definition) is 7. The quantitative estimate of drug-likeness (QED) is 0.552. The molecule has 3 aliphatic rings. The van der Waals surface area contributed by atoms with Crippen LogP contribution >= 0.6 is 0 Å². The summed E-state index contributed by atoms with van der Waals surface area (Å²) >= 11 is 0. The zero-order valence-electron chi connectivity index (χ0n) is 15.3. The fraction of sp³-hybridized carbons (Fsp3) is 0.474. The number of benzene rings is 1. The number of aliphatic hydroxyl groups excluding tert-OH is 1. The lowest BCUT2D eigenvalue weighted by Gasteiger charge is -2.47. The first-order chi connectivity index (χ1) is 13.3. The third-order valence-corrected chi connectivity index (χ3v) is 5.64. The molecule has 4 rings (SSSR count). The van der Waals surface area contributed by atoms with Gasteiger partial charge >= 0.3 is 0 Å². The number of piperidine rings is 1. The second-order valence-corrected chi connectivity index (χ2v) is 7.77. The summed E-state index contributed by atoms with van der Waals surface area (Å²) in [5.74, 6) is -2.02. The molecule has 1 aromatic rings. The highest BCUT2D eigenvalue weighted by Crippen LogP contribution is 2.32. The first-order valence-electron chi connectivity index (χ1n) is 9.28. The van der Waals surface area contributed by atoms with Gasteiger partial charge < -0.3 is 10.8 Å². The van der Waals surface area contributed by atoms with Crippen LogP contribution in [-0.4, -0.2) is 69.8 Å². The van der Waals surface area contributed by atoms with Crippen molar-refractivity contribution in [2.75, 3.05) is 19.7 Å². The number of amides is 4. The van der Waals surface area contributed by atoms with Gasteiger partial charge in [-0.2, -0.15) is 0 Å². The first kappa shape index (κ1) is 18.7. The van der Waals surface area contributed by atoms with E-state index in [4.69, 9.17) is 10.8 Å². The van der Waals surface area contributed by atoms with Crippen molar-refractivity contribution in [3.63, 3.8) is 0 Å². The van der Waals surface area contributed by atoms with Crippen molar-refractivity contribution in [1.82, 2.24) is 15.1 Å². The van der Waals surface area contributed by atoms with Crippen molar-refractivity contribution < 1.29 is 24.3 Å². The molecule has 9 nitrogen and oxygen atoms in total. The van der Waals surface area contributed by atoms with Gasteiger partial charge in [0.1, 0.15) is 6.04 Å². The highest BCUT2D eigenvalue weighted by Gasteiger charge is 2.46. The number of hydrogen-bond donors (Lipinski definition) is 3. The number of rotatable bonds is 5. The summed E-state index contributed by atoms with van der Waals surface area (Å²) in [7, 11) is 0. The van der Waals surface area contributed by atoms with Crippen LogP contribution in [0.2, 0.25) is 0 Å². The van der Waals surface area contributed by atoms with Crippen molar-refractivity contribution in [3.05, 3.63) is 34.9 Å². The Kier molecular flexibility index (Phi) is 4.53. The second-order valence-electron chi connectivity index (χ2n) is 7.77. The Morgan fingerprint density at radius 1 is 1.18 bits per heavy atom. The third kappa shape index (κ3) is 3.01. The molecule has 148 valence electrons. The number of fused-ring (bicyclic) bond motifs is 1. The summed E-state index contributed by atoms with van der Waals surface area (Å²) in [4.78, 5) is 52.4. The maximum atomic E-state index is 13.0. The van der Waals surface area contributed by atoms with Crippen molar-refractivity contribution in [2.24, 2.45) is 5.73 Å². The fourth-order valence-electron chi connectivity index (χ4n) is 4.29. The third-order valence-electron chi connectivity index (χ3n) is 5.64. The molecule has 1 atom stereocenters. The van der Waals surface area contributed by atoms with Crippen LogP contribution in [0.15, 0.2) is 18.2 Å². The van der Waals surface area contributed by atoms with E-state index in [-0.39, 0.29) is 25.0 Å². The Balaban J connectivity index is 1.55. The van der Waals surface area contributed by atoms with Gasteiger partial charge in [0.2, 0.25) is 11.8 Å². The number of nitrogens with one attached hydrogen (secondary N) is 1. The molecular formula is C19H22N4O5. The summed E-state index contributed by atoms with van der Waals surface area (Å²) in [6, 6.07) is 4.13. The summed E-state index contributed by atoms with van der Waals surface area (Å²) in [6.07, 6.45) is 0.736. The van der Waals surface area contributed by atoms with E-state index in [1.807, 2.05) is 0 Å². The van der Waals surface area contributed by atoms with Gasteiger partial charge in [0, 0.05) is 38.2 Å². The van der Waals surface area contributed by atoms with Crippen LogP contribution in [0.5, 0.6) is 0 Å². The minimum atomic E-state index is -0.969. The van der Waals surface area contributed by atoms with Crippen LogP contribution < -0.4 is 11.1 Å². The molecule has 9 heteroatoms. The maximum absolute atomic E-state index is 13.0. The van der Waals surface area contributed by atoms with Crippen LogP contribution in [0.3, 0.4) is 0 Å². The predicted molar refractivity (Wildman–Crippen MR) is 97.0 cm³/mol. The molecule has 0 aromatic heterocycles. The Labute approximate surface area is 161 Å². The van der Waals surface area contributed by atoms with Crippen LogP contribution in [0.4, 0.5) is 0 Å².